The standard InChI is InChI=1S/C26H40N2O6/c1-5-8-10-11-16-33-25(32)20-19-12-13-26(34-19)21(20)23(30)28(18(4)17-29)22(26)24(31)27(14-7-3)15-9-6-2/h5,7,18-22,29H,1,3,6,8-17H2,2,4H3/t18-,19+,20-,21+,22?,26?/m1/s1. The van der Waals surface area contributed by atoms with Crippen molar-refractivity contribution >= 4 is 17.8 Å². The van der Waals surface area contributed by atoms with Crippen LogP contribution in [0.4, 0.5) is 0 Å². The van der Waals surface area contributed by atoms with Crippen LogP contribution in [0.15, 0.2) is 25.3 Å². The minimum atomic E-state index is -1.07. The zero-order valence-electron chi connectivity index (χ0n) is 20.6. The maximum atomic E-state index is 13.9. The fourth-order valence-corrected chi connectivity index (χ4v) is 5.83. The van der Waals surface area contributed by atoms with Crippen LogP contribution >= 0.6 is 0 Å². The summed E-state index contributed by atoms with van der Waals surface area (Å²) in [6.45, 7) is 12.2. The first-order valence-electron chi connectivity index (χ1n) is 12.7. The van der Waals surface area contributed by atoms with Crippen LogP contribution in [0, 0.1) is 11.8 Å². The normalized spacial score (nSPS) is 30.2. The molecule has 8 nitrogen and oxygen atoms in total. The molecule has 2 bridgehead atoms. The van der Waals surface area contributed by atoms with Crippen molar-refractivity contribution in [3.05, 3.63) is 25.3 Å². The number of hydrogen-bond acceptors (Lipinski definition) is 6. The Bertz CT molecular complexity index is 785. The number of carbonyl (C=O) groups is 3. The van der Waals surface area contributed by atoms with Gasteiger partial charge in [-0.1, -0.05) is 25.5 Å². The molecule has 6 atom stereocenters. The van der Waals surface area contributed by atoms with E-state index >= 15 is 0 Å². The summed E-state index contributed by atoms with van der Waals surface area (Å²) in [7, 11) is 0. The Balaban J connectivity index is 1.88. The van der Waals surface area contributed by atoms with Gasteiger partial charge in [0.2, 0.25) is 11.8 Å². The van der Waals surface area contributed by atoms with Gasteiger partial charge in [-0.25, -0.2) is 0 Å². The smallest absolute Gasteiger partial charge is 0.312 e. The summed E-state index contributed by atoms with van der Waals surface area (Å²) in [5.41, 5.74) is -1.07. The Hall–Kier alpha value is -2.19. The Labute approximate surface area is 202 Å². The van der Waals surface area contributed by atoms with Crippen LogP contribution in [-0.2, 0) is 23.9 Å². The molecule has 190 valence electrons. The van der Waals surface area contributed by atoms with Crippen LogP contribution in [0.5, 0.6) is 0 Å². The predicted molar refractivity (Wildman–Crippen MR) is 128 cm³/mol. The lowest BCUT2D eigenvalue weighted by Gasteiger charge is -2.38. The molecule has 0 aliphatic carbocycles. The predicted octanol–water partition coefficient (Wildman–Crippen LogP) is 2.46. The molecule has 0 aromatic carbocycles. The molecule has 0 saturated carbocycles. The van der Waals surface area contributed by atoms with Crippen LogP contribution < -0.4 is 0 Å². The average Bonchev–Trinajstić information content (AvgIpc) is 3.48. The molecule has 3 aliphatic heterocycles. The summed E-state index contributed by atoms with van der Waals surface area (Å²) in [5.74, 6) is -2.43. The topological polar surface area (TPSA) is 96.4 Å². The van der Waals surface area contributed by atoms with E-state index in [4.69, 9.17) is 9.47 Å². The van der Waals surface area contributed by atoms with Crippen LogP contribution in [0.3, 0.4) is 0 Å². The van der Waals surface area contributed by atoms with Gasteiger partial charge in [0.1, 0.15) is 11.6 Å². The van der Waals surface area contributed by atoms with Crippen LogP contribution in [0.25, 0.3) is 0 Å². The SMILES string of the molecule is C=CCCCCOC(=O)[C@@H]1[C@@H]2CCC3(O2)C(C(=O)N(CC=C)CCCC)N([C@H](C)CO)C(=O)[C@H]13. The lowest BCUT2D eigenvalue weighted by molar-refractivity contribution is -0.156. The van der Waals surface area contributed by atoms with Gasteiger partial charge in [0.15, 0.2) is 0 Å². The van der Waals surface area contributed by atoms with Crippen molar-refractivity contribution < 1.29 is 29.0 Å². The maximum absolute atomic E-state index is 13.9. The highest BCUT2D eigenvalue weighted by molar-refractivity contribution is 5.98. The number of rotatable bonds is 14. The van der Waals surface area contributed by atoms with E-state index in [9.17, 15) is 19.5 Å². The van der Waals surface area contributed by atoms with Gasteiger partial charge in [0, 0.05) is 13.1 Å². The number of unbranched alkanes of at least 4 members (excludes halogenated alkanes) is 3. The molecule has 3 heterocycles. The monoisotopic (exact) mass is 476 g/mol. The quantitative estimate of drug-likeness (QED) is 0.235. The largest absolute Gasteiger partial charge is 0.465 e. The number of likely N-dealkylation sites (tertiary alicyclic amines) is 1. The number of hydrogen-bond donors (Lipinski definition) is 1. The molecular formula is C26H40N2O6. The van der Waals surface area contributed by atoms with E-state index in [1.54, 1.807) is 17.9 Å². The highest BCUT2D eigenvalue weighted by Crippen LogP contribution is 2.59. The molecule has 3 rings (SSSR count). The van der Waals surface area contributed by atoms with Gasteiger partial charge in [0.05, 0.1) is 37.2 Å². The first-order chi connectivity index (χ1) is 16.4. The van der Waals surface area contributed by atoms with Gasteiger partial charge < -0.3 is 24.4 Å². The number of esters is 1. The Morgan fingerprint density at radius 1 is 1.32 bits per heavy atom. The Morgan fingerprint density at radius 2 is 2.09 bits per heavy atom. The second kappa shape index (κ2) is 11.5. The number of carbonyl (C=O) groups excluding carboxylic acids is 3. The Morgan fingerprint density at radius 3 is 2.74 bits per heavy atom. The minimum absolute atomic E-state index is 0.205. The van der Waals surface area contributed by atoms with Crippen molar-refractivity contribution in [2.24, 2.45) is 11.8 Å². The van der Waals surface area contributed by atoms with Gasteiger partial charge in [0.25, 0.3) is 0 Å². The summed E-state index contributed by atoms with van der Waals surface area (Å²) in [4.78, 5) is 43.9. The summed E-state index contributed by atoms with van der Waals surface area (Å²) in [6.07, 6.45) is 8.42. The molecule has 3 aliphatic rings. The second-order valence-corrected chi connectivity index (χ2v) is 9.71. The third-order valence-electron chi connectivity index (χ3n) is 7.47. The Kier molecular flexibility index (Phi) is 8.93. The van der Waals surface area contributed by atoms with Crippen molar-refractivity contribution in [3.63, 3.8) is 0 Å². The maximum Gasteiger partial charge on any atom is 0.312 e. The van der Waals surface area contributed by atoms with Crippen LogP contribution in [0.1, 0.15) is 58.8 Å². The first kappa shape index (κ1) is 26.4. The third-order valence-corrected chi connectivity index (χ3v) is 7.47. The van der Waals surface area contributed by atoms with Crippen molar-refractivity contribution in [3.8, 4) is 0 Å². The van der Waals surface area contributed by atoms with E-state index in [1.165, 1.54) is 4.90 Å². The minimum Gasteiger partial charge on any atom is -0.465 e. The number of ether oxygens (including phenoxy) is 2. The van der Waals surface area contributed by atoms with Gasteiger partial charge in [-0.05, 0) is 45.4 Å². The number of amides is 2. The lowest BCUT2D eigenvalue weighted by Crippen LogP contribution is -2.58. The zero-order chi connectivity index (χ0) is 24.9. The summed E-state index contributed by atoms with van der Waals surface area (Å²) < 4.78 is 11.9. The third kappa shape index (κ3) is 4.67. The fourth-order valence-electron chi connectivity index (χ4n) is 5.83. The summed E-state index contributed by atoms with van der Waals surface area (Å²) in [5, 5.41) is 9.91. The van der Waals surface area contributed by atoms with Gasteiger partial charge in [-0.2, -0.15) is 0 Å². The molecular weight excluding hydrogens is 436 g/mol. The van der Waals surface area contributed by atoms with E-state index in [-0.39, 0.29) is 25.0 Å². The second-order valence-electron chi connectivity index (χ2n) is 9.71. The number of aliphatic hydroxyl groups excluding tert-OH is 1. The first-order valence-corrected chi connectivity index (χ1v) is 12.7. The van der Waals surface area contributed by atoms with E-state index in [0.717, 1.165) is 32.1 Å². The molecule has 34 heavy (non-hydrogen) atoms. The molecule has 1 N–H and O–H groups in total. The van der Waals surface area contributed by atoms with Gasteiger partial charge in [-0.15, -0.1) is 13.2 Å². The van der Waals surface area contributed by atoms with Gasteiger partial charge >= 0.3 is 5.97 Å². The molecule has 2 unspecified atom stereocenters. The average molecular weight is 477 g/mol. The van der Waals surface area contributed by atoms with Gasteiger partial charge in [-0.3, -0.25) is 14.4 Å². The molecule has 3 fully saturated rings. The molecule has 3 saturated heterocycles. The van der Waals surface area contributed by atoms with Crippen molar-refractivity contribution in [2.45, 2.75) is 82.6 Å². The number of fused-ring (bicyclic) bond motifs is 1. The molecule has 0 radical (unpaired) electrons. The van der Waals surface area contributed by atoms with Crippen molar-refractivity contribution in [1.29, 1.82) is 0 Å². The van der Waals surface area contributed by atoms with E-state index in [2.05, 4.69) is 20.1 Å². The number of nitrogens with zero attached hydrogens (tertiary/aromatic N) is 2. The van der Waals surface area contributed by atoms with E-state index in [1.807, 2.05) is 6.08 Å². The summed E-state index contributed by atoms with van der Waals surface area (Å²) >= 11 is 0. The van der Waals surface area contributed by atoms with Crippen molar-refractivity contribution in [1.82, 2.24) is 9.80 Å². The fraction of sp³-hybridized carbons (Fsp3) is 0.731. The zero-order valence-corrected chi connectivity index (χ0v) is 20.6. The highest BCUT2D eigenvalue weighted by atomic mass is 16.6. The molecule has 1 spiro atoms. The van der Waals surface area contributed by atoms with E-state index in [0.29, 0.717) is 25.9 Å². The van der Waals surface area contributed by atoms with Crippen LogP contribution in [-0.4, -0.2) is 82.8 Å². The molecule has 8 heteroatoms. The van der Waals surface area contributed by atoms with E-state index < -0.39 is 41.6 Å². The number of aliphatic hydroxyl groups is 1. The molecule has 0 aromatic heterocycles. The summed E-state index contributed by atoms with van der Waals surface area (Å²) in [6, 6.07) is -1.45. The molecule has 0 aromatic rings. The van der Waals surface area contributed by atoms with Crippen LogP contribution in [0.2, 0.25) is 0 Å². The lowest BCUT2D eigenvalue weighted by atomic mass is 9.70. The molecule has 2 amide bonds. The highest BCUT2D eigenvalue weighted by Gasteiger charge is 2.75. The van der Waals surface area contributed by atoms with Crippen molar-refractivity contribution in [2.75, 3.05) is 26.3 Å². The number of allylic oxidation sites excluding steroid dienone is 1.